The molecule has 2 atom stereocenters. The molecule has 1 aliphatic heterocycles. The Morgan fingerprint density at radius 1 is 1.28 bits per heavy atom. The number of imidazole rings is 1. The Balaban J connectivity index is 1.93. The maximum absolute atomic E-state index is 12.7. The molecule has 0 N–H and O–H groups in total. The van der Waals surface area contributed by atoms with Crippen LogP contribution < -0.4 is 11.2 Å². The highest BCUT2D eigenvalue weighted by Gasteiger charge is 2.29. The zero-order valence-electron chi connectivity index (χ0n) is 17.0. The van der Waals surface area contributed by atoms with Crippen LogP contribution in [0.25, 0.3) is 11.2 Å². The first-order valence-corrected chi connectivity index (χ1v) is 9.92. The van der Waals surface area contributed by atoms with E-state index in [1.165, 1.54) is 18.7 Å². The molecule has 1 aliphatic rings. The minimum absolute atomic E-state index is 0.00775. The maximum Gasteiger partial charge on any atom is 0.437 e. The number of nitrogens with zero attached hydrogens (tertiary/aromatic N) is 5. The van der Waals surface area contributed by atoms with Gasteiger partial charge < -0.3 is 19.6 Å². The van der Waals surface area contributed by atoms with E-state index in [0.717, 1.165) is 41.2 Å². The molecule has 1 fully saturated rings. The van der Waals surface area contributed by atoms with Crippen molar-refractivity contribution in [3.8, 4) is 0 Å². The Morgan fingerprint density at radius 3 is 2.66 bits per heavy atom. The van der Waals surface area contributed by atoms with Gasteiger partial charge in [-0.15, -0.1) is 0 Å². The van der Waals surface area contributed by atoms with Crippen LogP contribution in [-0.2, 0) is 30.1 Å². The van der Waals surface area contributed by atoms with E-state index < -0.39 is 22.1 Å². The zero-order chi connectivity index (χ0) is 21.1. The number of aryl methyl sites for hydroxylation is 2. The summed E-state index contributed by atoms with van der Waals surface area (Å²) in [6, 6.07) is 0. The minimum Gasteiger partial charge on any atom is -0.390 e. The molecule has 1 saturated heterocycles. The molecule has 2 unspecified atom stereocenters. The van der Waals surface area contributed by atoms with E-state index in [1.807, 2.05) is 6.92 Å². The fraction of sp³-hybridized carbons (Fsp3) is 0.722. The maximum atomic E-state index is 12.7. The van der Waals surface area contributed by atoms with Gasteiger partial charge in [0.15, 0.2) is 6.29 Å². The van der Waals surface area contributed by atoms with Gasteiger partial charge in [0.05, 0.1) is 12.6 Å². The van der Waals surface area contributed by atoms with Gasteiger partial charge in [0, 0.05) is 27.1 Å². The van der Waals surface area contributed by atoms with Crippen LogP contribution in [0, 0.1) is 10.1 Å². The van der Waals surface area contributed by atoms with Gasteiger partial charge in [-0.3, -0.25) is 13.9 Å². The van der Waals surface area contributed by atoms with Crippen LogP contribution in [0.1, 0.15) is 45.4 Å². The first-order valence-electron chi connectivity index (χ1n) is 9.92. The molecule has 11 heteroatoms. The van der Waals surface area contributed by atoms with Crippen LogP contribution in [-0.4, -0.2) is 42.6 Å². The van der Waals surface area contributed by atoms with Crippen molar-refractivity contribution in [2.45, 2.75) is 64.4 Å². The Kier molecular flexibility index (Phi) is 6.48. The van der Waals surface area contributed by atoms with E-state index in [-0.39, 0.29) is 30.1 Å². The molecular weight excluding hydrogens is 382 g/mol. The van der Waals surface area contributed by atoms with Crippen molar-refractivity contribution in [1.29, 1.82) is 0 Å². The second-order valence-electron chi connectivity index (χ2n) is 7.33. The van der Waals surface area contributed by atoms with Crippen molar-refractivity contribution in [2.75, 3.05) is 6.61 Å². The third-order valence-corrected chi connectivity index (χ3v) is 5.26. The van der Waals surface area contributed by atoms with Gasteiger partial charge in [-0.05, 0) is 35.6 Å². The summed E-state index contributed by atoms with van der Waals surface area (Å²) in [7, 11) is 2.78. The number of rotatable bonds is 8. The van der Waals surface area contributed by atoms with Gasteiger partial charge in [-0.1, -0.05) is 13.3 Å². The van der Waals surface area contributed by atoms with Crippen molar-refractivity contribution in [2.24, 2.45) is 14.1 Å². The van der Waals surface area contributed by atoms with Crippen LogP contribution in [0.5, 0.6) is 0 Å². The molecule has 2 aromatic heterocycles. The van der Waals surface area contributed by atoms with Crippen LogP contribution in [0.2, 0.25) is 0 Å². The first-order chi connectivity index (χ1) is 13.8. The summed E-state index contributed by atoms with van der Waals surface area (Å²) in [6.45, 7) is 2.89. The van der Waals surface area contributed by atoms with Gasteiger partial charge in [-0.25, -0.2) is 9.36 Å². The molecule has 3 rings (SSSR count). The topological polar surface area (TPSA) is 123 Å². The standard InChI is InChI=1S/C18H27N5O6/c1-4-7-12(29-13-8-5-6-11-28-13)9-10-22-14-15(19-17(22)23(26)27)20(2)18(25)21(3)16(14)24/h12-13H,4-11H2,1-3H3. The molecular formula is C18H27N5O6. The summed E-state index contributed by atoms with van der Waals surface area (Å²) in [6.07, 6.45) is 4.61. The first kappa shape index (κ1) is 21.2. The lowest BCUT2D eigenvalue weighted by Crippen LogP contribution is -2.37. The Hall–Kier alpha value is -2.53. The normalized spacial score (nSPS) is 18.2. The molecule has 0 spiro atoms. The summed E-state index contributed by atoms with van der Waals surface area (Å²) in [5.74, 6) is -0.456. The van der Waals surface area contributed by atoms with Crippen molar-refractivity contribution < 1.29 is 14.4 Å². The summed E-state index contributed by atoms with van der Waals surface area (Å²) in [5, 5.41) is 11.5. The smallest absolute Gasteiger partial charge is 0.390 e. The van der Waals surface area contributed by atoms with E-state index in [2.05, 4.69) is 4.98 Å². The molecule has 3 heterocycles. The van der Waals surface area contributed by atoms with Crippen molar-refractivity contribution in [3.63, 3.8) is 0 Å². The molecule has 0 aliphatic carbocycles. The average molecular weight is 409 g/mol. The lowest BCUT2D eigenvalue weighted by atomic mass is 10.1. The average Bonchev–Trinajstić information content (AvgIpc) is 3.10. The fourth-order valence-corrected chi connectivity index (χ4v) is 3.69. The van der Waals surface area contributed by atoms with Crippen LogP contribution in [0.15, 0.2) is 9.59 Å². The molecule has 0 aromatic carbocycles. The molecule has 2 aromatic rings. The van der Waals surface area contributed by atoms with Crippen LogP contribution in [0.4, 0.5) is 5.95 Å². The van der Waals surface area contributed by atoms with E-state index in [9.17, 15) is 19.7 Å². The zero-order valence-corrected chi connectivity index (χ0v) is 17.0. The van der Waals surface area contributed by atoms with E-state index >= 15 is 0 Å². The Morgan fingerprint density at radius 2 is 2.03 bits per heavy atom. The molecule has 0 bridgehead atoms. The highest BCUT2D eigenvalue weighted by atomic mass is 16.7. The summed E-state index contributed by atoms with van der Waals surface area (Å²) < 4.78 is 15.1. The van der Waals surface area contributed by atoms with Gasteiger partial charge in [-0.2, -0.15) is 0 Å². The monoisotopic (exact) mass is 409 g/mol. The van der Waals surface area contributed by atoms with Crippen molar-refractivity contribution >= 4 is 17.1 Å². The molecule has 11 nitrogen and oxygen atoms in total. The summed E-state index contributed by atoms with van der Waals surface area (Å²) in [4.78, 5) is 39.7. The quantitative estimate of drug-likeness (QED) is 0.477. The largest absolute Gasteiger partial charge is 0.437 e. The third kappa shape index (κ3) is 4.25. The van der Waals surface area contributed by atoms with E-state index in [0.29, 0.717) is 13.0 Å². The van der Waals surface area contributed by atoms with Crippen LogP contribution in [0.3, 0.4) is 0 Å². The van der Waals surface area contributed by atoms with Crippen molar-refractivity contribution in [3.05, 3.63) is 31.0 Å². The predicted molar refractivity (Wildman–Crippen MR) is 105 cm³/mol. The van der Waals surface area contributed by atoms with Gasteiger partial charge in [0.2, 0.25) is 5.52 Å². The van der Waals surface area contributed by atoms with Crippen molar-refractivity contribution in [1.82, 2.24) is 18.7 Å². The lowest BCUT2D eigenvalue weighted by Gasteiger charge is -2.27. The molecule has 29 heavy (non-hydrogen) atoms. The highest BCUT2D eigenvalue weighted by Crippen LogP contribution is 2.22. The Bertz CT molecular complexity index is 1000. The second-order valence-corrected chi connectivity index (χ2v) is 7.33. The Labute approximate surface area is 167 Å². The number of fused-ring (bicyclic) bond motifs is 1. The number of nitro groups is 1. The summed E-state index contributed by atoms with van der Waals surface area (Å²) >= 11 is 0. The number of hydrogen-bond acceptors (Lipinski definition) is 7. The SMILES string of the molecule is CCCC(CCn1c([N+](=O)[O-])nc2c1c(=O)n(C)c(=O)n2C)OC1CCCCO1. The second kappa shape index (κ2) is 8.87. The molecule has 160 valence electrons. The summed E-state index contributed by atoms with van der Waals surface area (Å²) in [5.41, 5.74) is -1.13. The number of aromatic nitrogens is 4. The van der Waals surface area contributed by atoms with Gasteiger partial charge in [0.1, 0.15) is 0 Å². The molecule has 0 radical (unpaired) electrons. The van der Waals surface area contributed by atoms with Gasteiger partial charge >= 0.3 is 11.6 Å². The van der Waals surface area contributed by atoms with Gasteiger partial charge in [0.25, 0.3) is 11.2 Å². The van der Waals surface area contributed by atoms with E-state index in [1.54, 1.807) is 0 Å². The third-order valence-electron chi connectivity index (χ3n) is 5.26. The lowest BCUT2D eigenvalue weighted by molar-refractivity contribution is -0.396. The van der Waals surface area contributed by atoms with Crippen LogP contribution >= 0.6 is 0 Å². The fourth-order valence-electron chi connectivity index (χ4n) is 3.69. The predicted octanol–water partition coefficient (Wildman–Crippen LogP) is 1.44. The number of ether oxygens (including phenoxy) is 2. The number of hydrogen-bond donors (Lipinski definition) is 0. The minimum atomic E-state index is -0.635. The van der Waals surface area contributed by atoms with E-state index in [4.69, 9.17) is 9.47 Å². The molecule has 0 amide bonds. The molecule has 0 saturated carbocycles. The highest BCUT2D eigenvalue weighted by molar-refractivity contribution is 5.72.